The van der Waals surface area contributed by atoms with Crippen LogP contribution in [0.5, 0.6) is 0 Å². The highest BCUT2D eigenvalue weighted by molar-refractivity contribution is 5.86. The minimum absolute atomic E-state index is 0.129. The van der Waals surface area contributed by atoms with Crippen LogP contribution < -0.4 is 0 Å². The minimum atomic E-state index is -1.70. The van der Waals surface area contributed by atoms with Gasteiger partial charge in [0.25, 0.3) is 0 Å². The van der Waals surface area contributed by atoms with E-state index in [0.717, 1.165) is 51.4 Å². The van der Waals surface area contributed by atoms with E-state index in [1.54, 1.807) is 0 Å². The molecule has 2 aromatic carbocycles. The summed E-state index contributed by atoms with van der Waals surface area (Å²) >= 11 is 0. The number of esters is 2. The highest BCUT2D eigenvalue weighted by Crippen LogP contribution is 2.40. The Morgan fingerprint density at radius 2 is 1.17 bits per heavy atom. The molecule has 1 saturated heterocycles. The second kappa shape index (κ2) is 28.5. The van der Waals surface area contributed by atoms with Gasteiger partial charge >= 0.3 is 11.9 Å². The van der Waals surface area contributed by atoms with Crippen molar-refractivity contribution in [2.24, 2.45) is 17.8 Å². The van der Waals surface area contributed by atoms with E-state index in [-0.39, 0.29) is 23.6 Å². The van der Waals surface area contributed by atoms with Crippen molar-refractivity contribution in [1.29, 1.82) is 0 Å². The van der Waals surface area contributed by atoms with Gasteiger partial charge in [-0.15, -0.1) is 0 Å². The summed E-state index contributed by atoms with van der Waals surface area (Å²) in [5, 5.41) is 0. The SMILES string of the molecule is CCCCCCCCCCCCCCCCCCC(OC(=O)C1CCOC1)OC(C(=O)OC1CC(C)CCC(C(=O)CCCCC)C1)(c1ccccc1)c1ccccc1. The molecule has 59 heavy (non-hydrogen) atoms. The van der Waals surface area contributed by atoms with E-state index in [2.05, 4.69) is 20.8 Å². The Morgan fingerprint density at radius 3 is 1.69 bits per heavy atom. The van der Waals surface area contributed by atoms with Crippen molar-refractivity contribution in [2.45, 2.75) is 206 Å². The molecular formula is C52H80O7. The van der Waals surface area contributed by atoms with Crippen molar-refractivity contribution in [3.8, 4) is 0 Å². The number of ether oxygens (including phenoxy) is 4. The molecular weight excluding hydrogens is 737 g/mol. The lowest BCUT2D eigenvalue weighted by molar-refractivity contribution is -0.225. The largest absolute Gasteiger partial charge is 0.460 e. The molecule has 5 atom stereocenters. The van der Waals surface area contributed by atoms with Gasteiger partial charge in [-0.2, -0.15) is 0 Å². The number of hydrogen-bond acceptors (Lipinski definition) is 7. The molecule has 7 nitrogen and oxygen atoms in total. The Labute approximate surface area is 358 Å². The van der Waals surface area contributed by atoms with E-state index in [0.29, 0.717) is 62.4 Å². The van der Waals surface area contributed by atoms with Crippen LogP contribution in [0.1, 0.15) is 199 Å². The minimum Gasteiger partial charge on any atom is -0.460 e. The number of Topliss-reactive ketones (excluding diaryl/α,β-unsaturated/α-hetero) is 1. The molecule has 0 amide bonds. The van der Waals surface area contributed by atoms with E-state index < -0.39 is 24.0 Å². The van der Waals surface area contributed by atoms with Crippen molar-refractivity contribution >= 4 is 17.7 Å². The first-order valence-electron chi connectivity index (χ1n) is 24.2. The van der Waals surface area contributed by atoms with E-state index in [9.17, 15) is 9.59 Å². The molecule has 2 aliphatic rings. The maximum Gasteiger partial charge on any atom is 0.348 e. The van der Waals surface area contributed by atoms with Crippen molar-refractivity contribution in [3.05, 3.63) is 71.8 Å². The number of ketones is 1. The van der Waals surface area contributed by atoms with Gasteiger partial charge in [0.15, 0.2) is 0 Å². The van der Waals surface area contributed by atoms with Gasteiger partial charge < -0.3 is 18.9 Å². The summed E-state index contributed by atoms with van der Waals surface area (Å²) in [6.45, 7) is 7.46. The summed E-state index contributed by atoms with van der Waals surface area (Å²) in [6, 6.07) is 19.0. The maximum atomic E-state index is 15.1. The van der Waals surface area contributed by atoms with Crippen LogP contribution in [0.15, 0.2) is 60.7 Å². The van der Waals surface area contributed by atoms with Crippen LogP contribution in [0.2, 0.25) is 0 Å². The Balaban J connectivity index is 1.45. The summed E-state index contributed by atoms with van der Waals surface area (Å²) < 4.78 is 25.4. The highest BCUT2D eigenvalue weighted by atomic mass is 16.7. The molecule has 0 radical (unpaired) electrons. The first kappa shape index (κ1) is 48.6. The Bertz CT molecular complexity index is 1380. The second-order valence-electron chi connectivity index (χ2n) is 17.9. The molecule has 1 heterocycles. The van der Waals surface area contributed by atoms with Crippen molar-refractivity contribution in [1.82, 2.24) is 0 Å². The molecule has 2 aromatic rings. The van der Waals surface area contributed by atoms with Gasteiger partial charge in [0.1, 0.15) is 11.9 Å². The number of carbonyl (C=O) groups is 3. The fourth-order valence-corrected chi connectivity index (χ4v) is 9.04. The van der Waals surface area contributed by atoms with Gasteiger partial charge in [0.05, 0.1) is 12.5 Å². The van der Waals surface area contributed by atoms with Gasteiger partial charge in [0.2, 0.25) is 11.9 Å². The molecule has 7 heteroatoms. The predicted molar refractivity (Wildman–Crippen MR) is 238 cm³/mol. The first-order chi connectivity index (χ1) is 28.9. The summed E-state index contributed by atoms with van der Waals surface area (Å²) in [5.74, 6) is -0.791. The number of hydrogen-bond donors (Lipinski definition) is 0. The van der Waals surface area contributed by atoms with E-state index in [1.165, 1.54) is 83.5 Å². The fraction of sp³-hybridized carbons (Fsp3) is 0.712. The zero-order valence-electron chi connectivity index (χ0n) is 37.3. The number of rotatable bonds is 30. The number of carbonyl (C=O) groups excluding carboxylic acids is 3. The fourth-order valence-electron chi connectivity index (χ4n) is 9.04. The van der Waals surface area contributed by atoms with Gasteiger partial charge in [-0.25, -0.2) is 4.79 Å². The van der Waals surface area contributed by atoms with Gasteiger partial charge in [-0.3, -0.25) is 9.59 Å². The van der Waals surface area contributed by atoms with Crippen molar-refractivity contribution < 1.29 is 33.3 Å². The molecule has 2 fully saturated rings. The van der Waals surface area contributed by atoms with Crippen LogP contribution in [0, 0.1) is 17.8 Å². The topological polar surface area (TPSA) is 88.1 Å². The van der Waals surface area contributed by atoms with Gasteiger partial charge in [0, 0.05) is 25.4 Å². The average Bonchev–Trinajstić information content (AvgIpc) is 3.73. The lowest BCUT2D eigenvalue weighted by Gasteiger charge is -2.37. The highest BCUT2D eigenvalue weighted by Gasteiger charge is 2.49. The molecule has 0 aromatic heterocycles. The Morgan fingerprint density at radius 1 is 0.644 bits per heavy atom. The van der Waals surface area contributed by atoms with E-state index >= 15 is 4.79 Å². The van der Waals surface area contributed by atoms with Crippen molar-refractivity contribution in [3.63, 3.8) is 0 Å². The third kappa shape index (κ3) is 17.1. The van der Waals surface area contributed by atoms with E-state index in [1.807, 2.05) is 60.7 Å². The lowest BCUT2D eigenvalue weighted by atomic mass is 9.85. The smallest absolute Gasteiger partial charge is 0.348 e. The van der Waals surface area contributed by atoms with Gasteiger partial charge in [-0.05, 0) is 62.0 Å². The van der Waals surface area contributed by atoms with Crippen LogP contribution in [-0.2, 0) is 38.9 Å². The standard InChI is InChI=1S/C52H80O7/c1-4-6-8-9-10-11-12-13-14-15-16-17-18-19-20-28-34-49(58-50(54)44-37-38-56-41-44)59-52(45-29-24-21-25-30-45,46-31-26-22-27-32-46)51(55)57-47-39-42(3)35-36-43(40-47)48(53)33-23-7-5-2/h21-22,24-27,29-32,42-44,47,49H,4-20,23,28,33-41H2,1-3H3. The third-order valence-electron chi connectivity index (χ3n) is 12.7. The molecule has 1 aliphatic heterocycles. The van der Waals surface area contributed by atoms with Crippen LogP contribution >= 0.6 is 0 Å². The monoisotopic (exact) mass is 817 g/mol. The van der Waals surface area contributed by atoms with E-state index in [4.69, 9.17) is 18.9 Å². The lowest BCUT2D eigenvalue weighted by Crippen LogP contribution is -2.47. The van der Waals surface area contributed by atoms with Crippen molar-refractivity contribution in [2.75, 3.05) is 13.2 Å². The normalized spacial score (nSPS) is 20.2. The molecule has 0 spiro atoms. The van der Waals surface area contributed by atoms with Gasteiger partial charge in [-0.1, -0.05) is 191 Å². The molecule has 330 valence electrons. The molecule has 0 N–H and O–H groups in total. The molecule has 4 rings (SSSR count). The quantitative estimate of drug-likeness (QED) is 0.0336. The summed E-state index contributed by atoms with van der Waals surface area (Å²) in [7, 11) is 0. The number of unbranched alkanes of at least 4 members (excludes halogenated alkanes) is 17. The average molecular weight is 817 g/mol. The maximum absolute atomic E-state index is 15.1. The van der Waals surface area contributed by atoms with Crippen LogP contribution in [0.4, 0.5) is 0 Å². The second-order valence-corrected chi connectivity index (χ2v) is 17.9. The third-order valence-corrected chi connectivity index (χ3v) is 12.7. The van der Waals surface area contributed by atoms with Crippen LogP contribution in [-0.4, -0.2) is 43.3 Å². The predicted octanol–water partition coefficient (Wildman–Crippen LogP) is 13.4. The first-order valence-corrected chi connectivity index (χ1v) is 24.2. The number of benzene rings is 2. The zero-order valence-corrected chi connectivity index (χ0v) is 37.3. The summed E-state index contributed by atoms with van der Waals surface area (Å²) in [5.41, 5.74) is -0.477. The molecule has 1 saturated carbocycles. The Hall–Kier alpha value is -3.03. The summed E-state index contributed by atoms with van der Waals surface area (Å²) in [6.07, 6.45) is 26.5. The molecule has 5 unspecified atom stereocenters. The van der Waals surface area contributed by atoms with Crippen LogP contribution in [0.25, 0.3) is 0 Å². The Kier molecular flexibility index (Phi) is 23.5. The summed E-state index contributed by atoms with van der Waals surface area (Å²) in [4.78, 5) is 42.2. The molecule has 0 bridgehead atoms. The van der Waals surface area contributed by atoms with Crippen LogP contribution in [0.3, 0.4) is 0 Å². The zero-order chi connectivity index (χ0) is 42.0. The molecule has 1 aliphatic carbocycles.